The van der Waals surface area contributed by atoms with E-state index in [0.29, 0.717) is 5.82 Å². The second-order valence-corrected chi connectivity index (χ2v) is 3.18. The van der Waals surface area contributed by atoms with Crippen LogP contribution in [0.15, 0.2) is 11.9 Å². The Labute approximate surface area is 62.9 Å². The third-order valence-electron chi connectivity index (χ3n) is 0.714. The lowest BCUT2D eigenvalue weighted by atomic mass is 10.6. The first-order valence-corrected chi connectivity index (χ1v) is 4.27. The number of hydroxylamine groups is 2. The fourth-order valence-corrected chi connectivity index (χ4v) is 0.704. The van der Waals surface area contributed by atoms with Gasteiger partial charge in [-0.3, -0.25) is 14.6 Å². The Hall–Kier alpha value is -0.680. The van der Waals surface area contributed by atoms with E-state index in [9.17, 15) is 9.36 Å². The zero-order valence-corrected chi connectivity index (χ0v) is 6.39. The van der Waals surface area contributed by atoms with Crippen molar-refractivity contribution in [3.05, 3.63) is 11.9 Å². The van der Waals surface area contributed by atoms with Crippen LogP contribution in [0.5, 0.6) is 0 Å². The molecule has 0 aliphatic rings. The van der Waals surface area contributed by atoms with Gasteiger partial charge >= 0.3 is 7.60 Å². The molecule has 0 rings (SSSR count). The quantitative estimate of drug-likeness (QED) is 0.235. The molecule has 64 valence electrons. The highest BCUT2D eigenvalue weighted by atomic mass is 31.2. The maximum atomic E-state index is 10.1. The van der Waals surface area contributed by atoms with E-state index < -0.39 is 7.60 Å². The van der Waals surface area contributed by atoms with Crippen LogP contribution in [-0.4, -0.2) is 33.0 Å². The summed E-state index contributed by atoms with van der Waals surface area (Å²) in [5.41, 5.74) is 0. The highest BCUT2D eigenvalue weighted by Gasteiger charge is 2.04. The zero-order chi connectivity index (χ0) is 8.91. The Kier molecular flexibility index (Phi) is 3.99. The maximum Gasteiger partial charge on any atom is 0.348 e. The van der Waals surface area contributed by atoms with Crippen molar-refractivity contribution in [1.82, 2.24) is 5.06 Å². The van der Waals surface area contributed by atoms with E-state index in [1.165, 1.54) is 0 Å². The van der Waals surface area contributed by atoms with E-state index in [4.69, 9.17) is 15.0 Å². The van der Waals surface area contributed by atoms with Gasteiger partial charge in [0.05, 0.1) is 6.54 Å². The van der Waals surface area contributed by atoms with Crippen LogP contribution < -0.4 is 0 Å². The minimum atomic E-state index is -4.17. The summed E-state index contributed by atoms with van der Waals surface area (Å²) in [5.74, 6) is 0.611. The fraction of sp³-hybridized carbons (Fsp3) is 0.250. The summed E-state index contributed by atoms with van der Waals surface area (Å²) in [6.07, 6.45) is 1.12. The summed E-state index contributed by atoms with van der Waals surface area (Å²) < 4.78 is 10.1. The average Bonchev–Trinajstić information content (AvgIpc) is 1.85. The maximum absolute atomic E-state index is 10.1. The predicted molar refractivity (Wildman–Crippen MR) is 35.7 cm³/mol. The molecule has 0 heterocycles. The minimum Gasteiger partial charge on any atom is -0.321 e. The van der Waals surface area contributed by atoms with Crippen molar-refractivity contribution >= 4 is 14.0 Å². The number of nitrogens with zero attached hydrogens (tertiary/aromatic N) is 1. The molecule has 0 atom stereocenters. The van der Waals surface area contributed by atoms with Crippen molar-refractivity contribution in [2.75, 3.05) is 6.54 Å². The van der Waals surface area contributed by atoms with E-state index in [2.05, 4.69) is 0 Å². The number of amides is 1. The molecule has 1 amide bonds. The van der Waals surface area contributed by atoms with Crippen LogP contribution in [0, 0.1) is 0 Å². The molecule has 11 heavy (non-hydrogen) atoms. The lowest BCUT2D eigenvalue weighted by Gasteiger charge is -2.02. The summed E-state index contributed by atoms with van der Waals surface area (Å²) in [5, 5.41) is 8.67. The highest BCUT2D eigenvalue weighted by Crippen LogP contribution is 2.35. The van der Waals surface area contributed by atoms with Gasteiger partial charge in [-0.25, -0.2) is 5.06 Å². The van der Waals surface area contributed by atoms with Gasteiger partial charge < -0.3 is 9.79 Å². The van der Waals surface area contributed by atoms with Crippen LogP contribution in [0.1, 0.15) is 0 Å². The van der Waals surface area contributed by atoms with Crippen LogP contribution in [0.4, 0.5) is 0 Å². The molecule has 0 spiro atoms. The van der Waals surface area contributed by atoms with E-state index >= 15 is 0 Å². The third-order valence-corrected chi connectivity index (χ3v) is 1.31. The Morgan fingerprint density at radius 2 is 2.00 bits per heavy atom. The Balaban J connectivity index is 3.79. The van der Waals surface area contributed by atoms with Crippen molar-refractivity contribution in [1.29, 1.82) is 0 Å². The van der Waals surface area contributed by atoms with E-state index in [-0.39, 0.29) is 18.0 Å². The second kappa shape index (κ2) is 4.25. The predicted octanol–water partition coefficient (Wildman–Crippen LogP) is -0.475. The summed E-state index contributed by atoms with van der Waals surface area (Å²) in [7, 11) is -4.17. The first-order chi connectivity index (χ1) is 4.95. The summed E-state index contributed by atoms with van der Waals surface area (Å²) >= 11 is 0. The van der Waals surface area contributed by atoms with Crippen molar-refractivity contribution in [2.45, 2.75) is 0 Å². The minimum absolute atomic E-state index is 0.129. The van der Waals surface area contributed by atoms with E-state index in [0.717, 1.165) is 6.08 Å². The van der Waals surface area contributed by atoms with Gasteiger partial charge in [-0.05, 0) is 0 Å². The van der Waals surface area contributed by atoms with Gasteiger partial charge in [0.2, 0.25) is 6.41 Å². The van der Waals surface area contributed by atoms with Gasteiger partial charge in [-0.2, -0.15) is 0 Å². The molecule has 3 N–H and O–H groups in total. The normalized spacial score (nSPS) is 11.9. The van der Waals surface area contributed by atoms with Crippen LogP contribution >= 0.6 is 7.60 Å². The molecule has 0 aromatic rings. The monoisotopic (exact) mass is 181 g/mol. The van der Waals surface area contributed by atoms with Gasteiger partial charge in [-0.15, -0.1) is 0 Å². The number of rotatable bonds is 4. The molecule has 0 saturated carbocycles. The van der Waals surface area contributed by atoms with Crippen molar-refractivity contribution in [2.24, 2.45) is 0 Å². The molecule has 0 saturated heterocycles. The number of carbonyl (C=O) groups is 1. The molecular formula is C4H8NO5P. The largest absolute Gasteiger partial charge is 0.348 e. The molecule has 0 unspecified atom stereocenters. The standard InChI is InChI=1S/C4H8NO5P/c6-4-5(7)2-1-3-11(8,9)10/h1,3-4,7H,2H2,(H2,8,9,10)/b3-1+. The lowest BCUT2D eigenvalue weighted by molar-refractivity contribution is -0.147. The van der Waals surface area contributed by atoms with Crippen LogP contribution in [0.25, 0.3) is 0 Å². The van der Waals surface area contributed by atoms with Crippen LogP contribution in [0.3, 0.4) is 0 Å². The zero-order valence-electron chi connectivity index (χ0n) is 5.49. The highest BCUT2D eigenvalue weighted by molar-refractivity contribution is 7.55. The van der Waals surface area contributed by atoms with Gasteiger partial charge in [0.25, 0.3) is 0 Å². The van der Waals surface area contributed by atoms with E-state index in [1.807, 2.05) is 0 Å². The van der Waals surface area contributed by atoms with Crippen molar-refractivity contribution in [3.63, 3.8) is 0 Å². The van der Waals surface area contributed by atoms with Gasteiger partial charge in [-0.1, -0.05) is 6.08 Å². The molecule has 0 aliphatic carbocycles. The van der Waals surface area contributed by atoms with Crippen LogP contribution in [-0.2, 0) is 9.36 Å². The smallest absolute Gasteiger partial charge is 0.321 e. The number of hydrogen-bond acceptors (Lipinski definition) is 3. The van der Waals surface area contributed by atoms with Gasteiger partial charge in [0.1, 0.15) is 0 Å². The third kappa shape index (κ3) is 7.21. The molecule has 0 aliphatic heterocycles. The Bertz CT molecular complexity index is 197. The summed E-state index contributed by atoms with van der Waals surface area (Å²) in [6.45, 7) is -0.241. The number of carbonyl (C=O) groups excluding carboxylic acids is 1. The molecule has 6 nitrogen and oxygen atoms in total. The Morgan fingerprint density at radius 3 is 2.36 bits per heavy atom. The molecule has 0 fully saturated rings. The van der Waals surface area contributed by atoms with Gasteiger partial charge in [0.15, 0.2) is 0 Å². The number of hydrogen-bond donors (Lipinski definition) is 3. The summed E-state index contributed by atoms with van der Waals surface area (Å²) in [4.78, 5) is 26.2. The van der Waals surface area contributed by atoms with Crippen molar-refractivity contribution < 1.29 is 24.4 Å². The first-order valence-electron chi connectivity index (χ1n) is 2.59. The van der Waals surface area contributed by atoms with Crippen LogP contribution in [0.2, 0.25) is 0 Å². The molecule has 0 radical (unpaired) electrons. The van der Waals surface area contributed by atoms with Gasteiger partial charge in [0, 0.05) is 5.82 Å². The average molecular weight is 181 g/mol. The summed E-state index contributed by atoms with van der Waals surface area (Å²) in [6, 6.07) is 0. The SMILES string of the molecule is O=CN(O)C/C=C/P(=O)(O)O. The molecule has 0 aromatic carbocycles. The second-order valence-electron chi connectivity index (χ2n) is 1.70. The topological polar surface area (TPSA) is 98.1 Å². The first kappa shape index (κ1) is 10.3. The lowest BCUT2D eigenvalue weighted by Crippen LogP contribution is -2.15. The Morgan fingerprint density at radius 1 is 1.45 bits per heavy atom. The van der Waals surface area contributed by atoms with Crippen molar-refractivity contribution in [3.8, 4) is 0 Å². The fourth-order valence-electron chi connectivity index (χ4n) is 0.335. The van der Waals surface area contributed by atoms with E-state index in [1.54, 1.807) is 0 Å². The molecule has 7 heteroatoms. The molecular weight excluding hydrogens is 173 g/mol. The molecule has 0 bridgehead atoms. The molecule has 0 aromatic heterocycles.